The molecule has 2 aromatic carbocycles. The minimum absolute atomic E-state index is 0.0604. The number of rotatable bonds is 2. The predicted molar refractivity (Wildman–Crippen MR) is 236 cm³/mol. The maximum Gasteiger partial charge on any atom is 0.270 e. The van der Waals surface area contributed by atoms with Gasteiger partial charge >= 0.3 is 0 Å². The van der Waals surface area contributed by atoms with Crippen LogP contribution in [-0.2, 0) is 10.8 Å². The molecule has 3 aromatic heterocycles. The van der Waals surface area contributed by atoms with Crippen LogP contribution in [0.1, 0.15) is 127 Å². The van der Waals surface area contributed by atoms with Crippen LogP contribution in [0.5, 0.6) is 0 Å². The number of allylic oxidation sites excluding steroid dienone is 8. The Hall–Kier alpha value is -6.20. The van der Waals surface area contributed by atoms with Gasteiger partial charge in [0.25, 0.3) is 11.4 Å². The van der Waals surface area contributed by atoms with Gasteiger partial charge in [0.15, 0.2) is 11.6 Å². The molecule has 0 amide bonds. The standard InChI is InChI=1S/C50H32N4O2S3/c1-53-36(25-51)39-29-13-5-7-15-31(29)44(55)33(39)21-27-23-35-46(57-27)41-42(49(35)17-9-3-10-18-49)48-43(50(41)19-11-4-12-20-50)47-38(59-48)24-28(58-47)22-34-40(37(26-52)54-2)30-14-6-8-16-32(30)45(34)56/h5-8,13-16,21-24H,3-4,9-12,17-20H2/b33-21-,34-22+,39-36+,40-37-. The maximum absolute atomic E-state index is 14.0. The minimum atomic E-state index is -0.155. The van der Waals surface area contributed by atoms with Gasteiger partial charge in [-0.15, -0.1) is 34.0 Å². The van der Waals surface area contributed by atoms with Gasteiger partial charge in [0.1, 0.15) is 0 Å². The molecular formula is C50H32N4O2S3. The topological polar surface area (TPSA) is 90.4 Å². The molecule has 6 aliphatic rings. The first-order valence-electron chi connectivity index (χ1n) is 20.1. The van der Waals surface area contributed by atoms with E-state index >= 15 is 0 Å². The summed E-state index contributed by atoms with van der Waals surface area (Å²) >= 11 is 5.40. The second kappa shape index (κ2) is 13.2. The van der Waals surface area contributed by atoms with Crippen LogP contribution in [-0.4, -0.2) is 11.6 Å². The van der Waals surface area contributed by atoms with Crippen molar-refractivity contribution in [2.75, 3.05) is 0 Å². The molecule has 0 radical (unpaired) electrons. The lowest BCUT2D eigenvalue weighted by molar-refractivity contribution is 0.103. The summed E-state index contributed by atoms with van der Waals surface area (Å²) in [6.45, 7) is 15.6. The van der Waals surface area contributed by atoms with Crippen molar-refractivity contribution in [1.82, 2.24) is 0 Å². The number of benzene rings is 2. The zero-order chi connectivity index (χ0) is 40.2. The first-order valence-corrected chi connectivity index (χ1v) is 22.6. The number of hydrogen-bond acceptors (Lipinski definition) is 7. The van der Waals surface area contributed by atoms with Gasteiger partial charge in [0.2, 0.25) is 0 Å². The van der Waals surface area contributed by atoms with Crippen molar-refractivity contribution in [2.24, 2.45) is 0 Å². The van der Waals surface area contributed by atoms with E-state index in [-0.39, 0.29) is 33.8 Å². The molecule has 0 bridgehead atoms. The molecule has 6 nitrogen and oxygen atoms in total. The Bertz CT molecular complexity index is 3120. The summed E-state index contributed by atoms with van der Waals surface area (Å²) in [5, 5.41) is 19.9. The lowest BCUT2D eigenvalue weighted by atomic mass is 9.67. The van der Waals surface area contributed by atoms with E-state index in [1.807, 2.05) is 59.9 Å². The van der Waals surface area contributed by atoms with Crippen LogP contribution in [0, 0.1) is 35.8 Å². The molecule has 11 rings (SSSR count). The first-order chi connectivity index (χ1) is 28.9. The Balaban J connectivity index is 1.08. The molecule has 6 aliphatic carbocycles. The SMILES string of the molecule is [C-]#[N+]/C(C#N)=C1\C(=C/c2cc3sc4c(c3s2)C2(CCCCC2)C2=C4C3(CCCCC3)c3cc(/C=C4\C(=O)c5ccccc5\C4=C(\C#N)[N+]#[C-])sc32)C(=O)c2ccccc21. The highest BCUT2D eigenvalue weighted by atomic mass is 32.1. The van der Waals surface area contributed by atoms with Gasteiger partial charge in [-0.1, -0.05) is 87.1 Å². The molecule has 0 aliphatic heterocycles. The molecule has 2 fully saturated rings. The zero-order valence-corrected chi connectivity index (χ0v) is 34.3. The third kappa shape index (κ3) is 4.79. The smallest absolute Gasteiger partial charge is 0.270 e. The summed E-state index contributed by atoms with van der Waals surface area (Å²) in [7, 11) is 0. The monoisotopic (exact) mass is 816 g/mol. The van der Waals surface area contributed by atoms with E-state index in [2.05, 4.69) is 34.0 Å². The second-order valence-electron chi connectivity index (χ2n) is 16.3. The molecule has 2 spiro atoms. The molecular weight excluding hydrogens is 785 g/mol. The molecule has 0 unspecified atom stereocenters. The van der Waals surface area contributed by atoms with Gasteiger partial charge in [-0.25, -0.2) is 20.2 Å². The van der Waals surface area contributed by atoms with E-state index in [0.717, 1.165) is 61.1 Å². The van der Waals surface area contributed by atoms with E-state index < -0.39 is 0 Å². The van der Waals surface area contributed by atoms with Crippen molar-refractivity contribution >= 4 is 89.4 Å². The number of hydrogen-bond donors (Lipinski definition) is 0. The average molecular weight is 817 g/mol. The van der Waals surface area contributed by atoms with Crippen LogP contribution in [0.3, 0.4) is 0 Å². The summed E-state index contributed by atoms with van der Waals surface area (Å²) in [6.07, 6.45) is 15.2. The van der Waals surface area contributed by atoms with Gasteiger partial charge in [-0.3, -0.25) is 9.59 Å². The Labute approximate surface area is 353 Å². The Morgan fingerprint density at radius 2 is 1.12 bits per heavy atom. The first kappa shape index (κ1) is 35.9. The van der Waals surface area contributed by atoms with Crippen LogP contribution in [0.25, 0.3) is 53.5 Å². The summed E-state index contributed by atoms with van der Waals surface area (Å²) in [4.78, 5) is 39.6. The van der Waals surface area contributed by atoms with Gasteiger partial charge in [0.05, 0.1) is 30.0 Å². The summed E-state index contributed by atoms with van der Waals surface area (Å²) in [5.74, 6) is -0.299. The van der Waals surface area contributed by atoms with Crippen LogP contribution in [0.4, 0.5) is 0 Å². The van der Waals surface area contributed by atoms with E-state index in [9.17, 15) is 20.1 Å². The lowest BCUT2D eigenvalue weighted by Gasteiger charge is -2.37. The fourth-order valence-corrected chi connectivity index (χ4v) is 15.6. The maximum atomic E-state index is 14.0. The fraction of sp³-hybridized carbons (Fsp3) is 0.240. The van der Waals surface area contributed by atoms with Crippen molar-refractivity contribution in [3.8, 4) is 12.1 Å². The summed E-state index contributed by atoms with van der Waals surface area (Å²) in [6, 6.07) is 23.2. The molecule has 0 atom stereocenters. The van der Waals surface area contributed by atoms with Crippen LogP contribution >= 0.6 is 34.0 Å². The van der Waals surface area contributed by atoms with Crippen molar-refractivity contribution in [1.29, 1.82) is 10.5 Å². The Morgan fingerprint density at radius 1 is 0.627 bits per heavy atom. The Kier molecular flexibility index (Phi) is 8.01. The highest BCUT2D eigenvalue weighted by Gasteiger charge is 2.59. The van der Waals surface area contributed by atoms with Gasteiger partial charge in [0, 0.05) is 68.5 Å². The van der Waals surface area contributed by atoms with E-state index in [1.165, 1.54) is 54.3 Å². The van der Waals surface area contributed by atoms with Gasteiger partial charge in [-0.2, -0.15) is 0 Å². The Morgan fingerprint density at radius 3 is 1.64 bits per heavy atom. The third-order valence-corrected chi connectivity index (χ3v) is 17.1. The normalized spacial score (nSPS) is 22.2. The highest BCUT2D eigenvalue weighted by molar-refractivity contribution is 7.29. The molecule has 5 aromatic rings. The van der Waals surface area contributed by atoms with E-state index in [1.54, 1.807) is 34.8 Å². The van der Waals surface area contributed by atoms with Crippen molar-refractivity contribution < 1.29 is 9.59 Å². The van der Waals surface area contributed by atoms with Crippen LogP contribution < -0.4 is 0 Å². The highest BCUT2D eigenvalue weighted by Crippen LogP contribution is 2.73. The number of thiophene rings is 3. The number of Topliss-reactive ketones (excluding diaryl/α,β-unsaturated/α-hetero) is 2. The summed E-state index contributed by atoms with van der Waals surface area (Å²) < 4.78 is 2.51. The number of carbonyl (C=O) groups excluding carboxylic acids is 2. The van der Waals surface area contributed by atoms with Crippen LogP contribution in [0.15, 0.2) is 83.2 Å². The molecule has 3 heterocycles. The third-order valence-electron chi connectivity index (χ3n) is 13.6. The second-order valence-corrected chi connectivity index (χ2v) is 19.6. The lowest BCUT2D eigenvalue weighted by Crippen LogP contribution is -2.28. The van der Waals surface area contributed by atoms with E-state index in [4.69, 9.17) is 13.1 Å². The molecule has 9 heteroatoms. The largest absolute Gasteiger partial charge is 0.289 e. The van der Waals surface area contributed by atoms with Gasteiger partial charge < -0.3 is 0 Å². The van der Waals surface area contributed by atoms with Crippen LogP contribution in [0.2, 0.25) is 0 Å². The number of nitriles is 2. The van der Waals surface area contributed by atoms with E-state index in [0.29, 0.717) is 44.5 Å². The molecule has 282 valence electrons. The fourth-order valence-electron chi connectivity index (χ4n) is 11.3. The van der Waals surface area contributed by atoms with Crippen molar-refractivity contribution in [3.05, 3.63) is 159 Å². The minimum Gasteiger partial charge on any atom is -0.289 e. The zero-order valence-electron chi connectivity index (χ0n) is 31.8. The van der Waals surface area contributed by atoms with Crippen molar-refractivity contribution in [2.45, 2.75) is 75.0 Å². The number of fused-ring (bicyclic) bond motifs is 12. The number of carbonyl (C=O) groups is 2. The predicted octanol–water partition coefficient (Wildman–Crippen LogP) is 13.2. The molecule has 59 heavy (non-hydrogen) atoms. The quantitative estimate of drug-likeness (QED) is 0.101. The molecule has 0 saturated heterocycles. The van der Waals surface area contributed by atoms with Gasteiger partial charge in [-0.05, 0) is 83.4 Å². The number of nitrogens with zero attached hydrogens (tertiary/aromatic N) is 4. The summed E-state index contributed by atoms with van der Waals surface area (Å²) in [5.41, 5.74) is 9.53. The molecule has 2 saturated carbocycles. The number of ketones is 2. The molecule has 0 N–H and O–H groups in total. The van der Waals surface area contributed by atoms with Crippen molar-refractivity contribution in [3.63, 3.8) is 0 Å². The average Bonchev–Trinajstić information content (AvgIpc) is 4.12.